The van der Waals surface area contributed by atoms with Gasteiger partial charge in [0.2, 0.25) is 15.9 Å². The minimum atomic E-state index is -3.78. The van der Waals surface area contributed by atoms with E-state index in [4.69, 9.17) is 4.74 Å². The van der Waals surface area contributed by atoms with Gasteiger partial charge in [-0.1, -0.05) is 29.8 Å². The number of thioether (sulfide) groups is 1. The van der Waals surface area contributed by atoms with E-state index in [-0.39, 0.29) is 16.9 Å². The second-order valence-corrected chi connectivity index (χ2v) is 10.3. The molecular formula is C23H32N2O4S2. The molecule has 0 saturated heterocycles. The SMILES string of the molecule is CSCCC(NS(=O)(=O)c1ccc(C)cc1)C(=O)NCCc1ccc(OC(C)C)cc1. The van der Waals surface area contributed by atoms with Crippen molar-refractivity contribution >= 4 is 27.7 Å². The van der Waals surface area contributed by atoms with E-state index in [9.17, 15) is 13.2 Å². The molecule has 2 aromatic carbocycles. The summed E-state index contributed by atoms with van der Waals surface area (Å²) in [4.78, 5) is 12.9. The maximum absolute atomic E-state index is 12.7. The van der Waals surface area contributed by atoms with Crippen molar-refractivity contribution in [3.05, 3.63) is 59.7 Å². The molecule has 2 aromatic rings. The van der Waals surface area contributed by atoms with Crippen LogP contribution < -0.4 is 14.8 Å². The zero-order chi connectivity index (χ0) is 22.9. The summed E-state index contributed by atoms with van der Waals surface area (Å²) in [7, 11) is -3.78. The van der Waals surface area contributed by atoms with Crippen LogP contribution in [-0.2, 0) is 21.2 Å². The Morgan fingerprint density at radius 3 is 2.29 bits per heavy atom. The van der Waals surface area contributed by atoms with Crippen molar-refractivity contribution in [2.24, 2.45) is 0 Å². The molecule has 0 heterocycles. The summed E-state index contributed by atoms with van der Waals surface area (Å²) in [5.74, 6) is 1.17. The second-order valence-electron chi connectivity index (χ2n) is 7.62. The standard InChI is InChI=1S/C23H32N2O4S2/c1-17(2)29-20-9-7-19(8-10-20)13-15-24-23(26)22(14-16-30-4)25-31(27,28)21-11-5-18(3)6-12-21/h5-12,17,22,25H,13-16H2,1-4H3,(H,24,26). The third-order valence-corrected chi connectivity index (χ3v) is 6.70. The molecule has 31 heavy (non-hydrogen) atoms. The Morgan fingerprint density at radius 2 is 1.71 bits per heavy atom. The highest BCUT2D eigenvalue weighted by molar-refractivity contribution is 7.98. The molecule has 0 aliphatic heterocycles. The van der Waals surface area contributed by atoms with Gasteiger partial charge in [0.15, 0.2) is 0 Å². The number of rotatable bonds is 12. The van der Waals surface area contributed by atoms with Crippen molar-refractivity contribution in [3.8, 4) is 5.75 Å². The van der Waals surface area contributed by atoms with Crippen LogP contribution in [0.1, 0.15) is 31.4 Å². The van der Waals surface area contributed by atoms with Gasteiger partial charge < -0.3 is 10.1 Å². The molecule has 0 aromatic heterocycles. The molecule has 0 radical (unpaired) electrons. The lowest BCUT2D eigenvalue weighted by Gasteiger charge is -2.18. The maximum Gasteiger partial charge on any atom is 0.241 e. The van der Waals surface area contributed by atoms with Gasteiger partial charge in [0.05, 0.1) is 11.0 Å². The van der Waals surface area contributed by atoms with Crippen LogP contribution in [0.5, 0.6) is 5.75 Å². The molecule has 0 fully saturated rings. The van der Waals surface area contributed by atoms with Crippen molar-refractivity contribution < 1.29 is 17.9 Å². The quantitative estimate of drug-likeness (QED) is 0.502. The molecule has 2 rings (SSSR count). The molecule has 2 N–H and O–H groups in total. The van der Waals surface area contributed by atoms with Crippen molar-refractivity contribution in [1.82, 2.24) is 10.0 Å². The van der Waals surface area contributed by atoms with E-state index in [1.165, 1.54) is 0 Å². The minimum absolute atomic E-state index is 0.118. The van der Waals surface area contributed by atoms with E-state index in [0.29, 0.717) is 25.1 Å². The molecule has 1 amide bonds. The fraction of sp³-hybridized carbons (Fsp3) is 0.435. The molecular weight excluding hydrogens is 432 g/mol. The normalized spacial score (nSPS) is 12.5. The number of nitrogens with one attached hydrogen (secondary N) is 2. The smallest absolute Gasteiger partial charge is 0.241 e. The lowest BCUT2D eigenvalue weighted by atomic mass is 10.1. The number of carbonyl (C=O) groups is 1. The number of amides is 1. The monoisotopic (exact) mass is 464 g/mol. The number of hydrogen-bond donors (Lipinski definition) is 2. The third-order valence-electron chi connectivity index (χ3n) is 4.56. The molecule has 1 unspecified atom stereocenters. The Hall–Kier alpha value is -2.03. The van der Waals surface area contributed by atoms with Gasteiger partial charge in [0.25, 0.3) is 0 Å². The first kappa shape index (κ1) is 25.2. The van der Waals surface area contributed by atoms with Gasteiger partial charge in [-0.3, -0.25) is 4.79 Å². The third kappa shape index (κ3) is 8.55. The van der Waals surface area contributed by atoms with Gasteiger partial charge in [-0.25, -0.2) is 8.42 Å². The largest absolute Gasteiger partial charge is 0.491 e. The zero-order valence-corrected chi connectivity index (χ0v) is 20.2. The average Bonchev–Trinajstić information content (AvgIpc) is 2.72. The predicted octanol–water partition coefficient (Wildman–Crippen LogP) is 3.54. The van der Waals surface area contributed by atoms with Crippen molar-refractivity contribution in [3.63, 3.8) is 0 Å². The first-order chi connectivity index (χ1) is 14.7. The fourth-order valence-electron chi connectivity index (χ4n) is 2.91. The van der Waals surface area contributed by atoms with Crippen LogP contribution in [0.4, 0.5) is 0 Å². The van der Waals surface area contributed by atoms with Crippen LogP contribution in [0, 0.1) is 6.92 Å². The summed E-state index contributed by atoms with van der Waals surface area (Å²) >= 11 is 1.57. The summed E-state index contributed by atoms with van der Waals surface area (Å²) in [5, 5.41) is 2.86. The number of aryl methyl sites for hydroxylation is 1. The van der Waals surface area contributed by atoms with E-state index in [0.717, 1.165) is 16.9 Å². The Morgan fingerprint density at radius 1 is 1.06 bits per heavy atom. The van der Waals surface area contributed by atoms with Gasteiger partial charge in [0, 0.05) is 6.54 Å². The molecule has 0 aliphatic rings. The fourth-order valence-corrected chi connectivity index (χ4v) is 4.61. The molecule has 0 aliphatic carbocycles. The Bertz CT molecular complexity index is 927. The molecule has 6 nitrogen and oxygen atoms in total. The van der Waals surface area contributed by atoms with E-state index >= 15 is 0 Å². The van der Waals surface area contributed by atoms with Gasteiger partial charge in [-0.15, -0.1) is 0 Å². The van der Waals surface area contributed by atoms with Gasteiger partial charge >= 0.3 is 0 Å². The number of sulfonamides is 1. The van der Waals surface area contributed by atoms with Crippen molar-refractivity contribution in [2.45, 2.75) is 50.7 Å². The summed E-state index contributed by atoms with van der Waals surface area (Å²) < 4.78 is 33.6. The summed E-state index contributed by atoms with van der Waals surface area (Å²) in [6.45, 7) is 6.27. The molecule has 0 bridgehead atoms. The first-order valence-electron chi connectivity index (χ1n) is 10.3. The Kier molecular flexibility index (Phi) is 9.87. The van der Waals surface area contributed by atoms with Crippen LogP contribution in [0.25, 0.3) is 0 Å². The minimum Gasteiger partial charge on any atom is -0.491 e. The zero-order valence-electron chi connectivity index (χ0n) is 18.6. The highest BCUT2D eigenvalue weighted by Gasteiger charge is 2.25. The molecule has 0 spiro atoms. The molecule has 170 valence electrons. The van der Waals surface area contributed by atoms with Crippen LogP contribution in [-0.4, -0.2) is 45.0 Å². The Balaban J connectivity index is 1.95. The first-order valence-corrected chi connectivity index (χ1v) is 13.2. The highest BCUT2D eigenvalue weighted by atomic mass is 32.2. The van der Waals surface area contributed by atoms with E-state index in [1.54, 1.807) is 36.0 Å². The van der Waals surface area contributed by atoms with E-state index < -0.39 is 16.1 Å². The molecule has 8 heteroatoms. The maximum atomic E-state index is 12.7. The van der Waals surface area contributed by atoms with Crippen molar-refractivity contribution in [1.29, 1.82) is 0 Å². The Labute approximate surface area is 190 Å². The lowest BCUT2D eigenvalue weighted by molar-refractivity contribution is -0.122. The number of benzene rings is 2. The van der Waals surface area contributed by atoms with Gasteiger partial charge in [-0.2, -0.15) is 16.5 Å². The van der Waals surface area contributed by atoms with Crippen molar-refractivity contribution in [2.75, 3.05) is 18.6 Å². The van der Waals surface area contributed by atoms with Crippen LogP contribution in [0.3, 0.4) is 0 Å². The summed E-state index contributed by atoms with van der Waals surface area (Å²) in [6.07, 6.45) is 3.11. The van der Waals surface area contributed by atoms with Crippen LogP contribution in [0.15, 0.2) is 53.4 Å². The second kappa shape index (κ2) is 12.1. The van der Waals surface area contributed by atoms with Crippen LogP contribution >= 0.6 is 11.8 Å². The molecule has 1 atom stereocenters. The predicted molar refractivity (Wildman–Crippen MR) is 127 cm³/mol. The van der Waals surface area contributed by atoms with Gasteiger partial charge in [-0.05, 0) is 75.5 Å². The number of carbonyl (C=O) groups excluding carboxylic acids is 1. The average molecular weight is 465 g/mol. The topological polar surface area (TPSA) is 84.5 Å². The van der Waals surface area contributed by atoms with E-state index in [2.05, 4.69) is 10.0 Å². The highest BCUT2D eigenvalue weighted by Crippen LogP contribution is 2.15. The summed E-state index contributed by atoms with van der Waals surface area (Å²) in [5.41, 5.74) is 2.04. The number of ether oxygens (including phenoxy) is 1. The lowest BCUT2D eigenvalue weighted by Crippen LogP contribution is -2.47. The van der Waals surface area contributed by atoms with Crippen LogP contribution in [0.2, 0.25) is 0 Å². The summed E-state index contributed by atoms with van der Waals surface area (Å²) in [6, 6.07) is 13.5. The molecule has 0 saturated carbocycles. The number of hydrogen-bond acceptors (Lipinski definition) is 5. The van der Waals surface area contributed by atoms with Gasteiger partial charge in [0.1, 0.15) is 11.8 Å². The van der Waals surface area contributed by atoms with E-state index in [1.807, 2.05) is 51.3 Å².